The first-order valence-electron chi connectivity index (χ1n) is 7.76. The molecule has 0 bridgehead atoms. The lowest BCUT2D eigenvalue weighted by atomic mass is 9.96. The van der Waals surface area contributed by atoms with Gasteiger partial charge < -0.3 is 10.2 Å². The maximum absolute atomic E-state index is 12.1. The van der Waals surface area contributed by atoms with Crippen molar-refractivity contribution >= 4 is 23.2 Å². The monoisotopic (exact) mass is 321 g/mol. The molecule has 0 aliphatic carbocycles. The molecule has 1 aliphatic heterocycles. The number of hydrogen-bond acceptors (Lipinski definition) is 4. The van der Waals surface area contributed by atoms with Gasteiger partial charge >= 0.3 is 0 Å². The summed E-state index contributed by atoms with van der Waals surface area (Å²) in [7, 11) is 0. The maximum Gasteiger partial charge on any atom is 0.245 e. The second kappa shape index (κ2) is 8.08. The molecule has 5 nitrogen and oxygen atoms in total. The van der Waals surface area contributed by atoms with Crippen LogP contribution >= 0.6 is 11.3 Å². The molecule has 1 aromatic heterocycles. The first kappa shape index (κ1) is 16.7. The van der Waals surface area contributed by atoms with Crippen molar-refractivity contribution in [1.29, 1.82) is 0 Å². The van der Waals surface area contributed by atoms with E-state index in [9.17, 15) is 9.59 Å². The first-order chi connectivity index (χ1) is 10.6. The van der Waals surface area contributed by atoms with Crippen LogP contribution in [0.25, 0.3) is 0 Å². The number of amides is 2. The van der Waals surface area contributed by atoms with E-state index in [1.807, 2.05) is 6.20 Å². The molecule has 1 N–H and O–H groups in total. The Bertz CT molecular complexity index is 533. The summed E-state index contributed by atoms with van der Waals surface area (Å²) >= 11 is 1.71. The number of likely N-dealkylation sites (tertiary alicyclic amines) is 1. The van der Waals surface area contributed by atoms with Crippen molar-refractivity contribution in [2.45, 2.75) is 32.6 Å². The molecule has 0 spiro atoms. The smallest absolute Gasteiger partial charge is 0.245 e. The van der Waals surface area contributed by atoms with Gasteiger partial charge in [0, 0.05) is 43.0 Å². The van der Waals surface area contributed by atoms with E-state index in [4.69, 9.17) is 0 Å². The Balaban J connectivity index is 1.70. The van der Waals surface area contributed by atoms with Crippen LogP contribution in [0.3, 0.4) is 0 Å². The summed E-state index contributed by atoms with van der Waals surface area (Å²) in [5, 5.41) is 4.06. The van der Waals surface area contributed by atoms with Gasteiger partial charge in [0.2, 0.25) is 11.8 Å². The molecule has 2 heterocycles. The number of aromatic nitrogens is 1. The minimum Gasteiger partial charge on any atom is -0.355 e. The summed E-state index contributed by atoms with van der Waals surface area (Å²) < 4.78 is 0. The number of rotatable bonds is 6. The van der Waals surface area contributed by atoms with Gasteiger partial charge in [0.05, 0.1) is 5.01 Å². The van der Waals surface area contributed by atoms with Gasteiger partial charge in [-0.2, -0.15) is 0 Å². The third kappa shape index (κ3) is 4.40. The van der Waals surface area contributed by atoms with Crippen LogP contribution in [-0.2, 0) is 22.4 Å². The molecule has 6 heteroatoms. The Morgan fingerprint density at radius 2 is 2.23 bits per heavy atom. The quantitative estimate of drug-likeness (QED) is 0.813. The fourth-order valence-electron chi connectivity index (χ4n) is 2.56. The van der Waals surface area contributed by atoms with Crippen molar-refractivity contribution in [3.05, 3.63) is 28.7 Å². The van der Waals surface area contributed by atoms with Gasteiger partial charge in [-0.1, -0.05) is 13.5 Å². The molecule has 2 rings (SSSR count). The lowest BCUT2D eigenvalue weighted by molar-refractivity contribution is -0.132. The van der Waals surface area contributed by atoms with Gasteiger partial charge in [0.15, 0.2) is 0 Å². The molecule has 0 atom stereocenters. The summed E-state index contributed by atoms with van der Waals surface area (Å²) in [6.45, 7) is 7.50. The molecule has 1 aromatic rings. The largest absolute Gasteiger partial charge is 0.355 e. The third-order valence-electron chi connectivity index (χ3n) is 3.94. The van der Waals surface area contributed by atoms with E-state index in [1.54, 1.807) is 16.2 Å². The zero-order valence-electron chi connectivity index (χ0n) is 13.0. The molecule has 120 valence electrons. The summed E-state index contributed by atoms with van der Waals surface area (Å²) in [5.74, 6) is 0.0590. The number of carbonyl (C=O) groups is 2. The van der Waals surface area contributed by atoms with Crippen LogP contribution in [0, 0.1) is 5.92 Å². The van der Waals surface area contributed by atoms with Gasteiger partial charge in [-0.3, -0.25) is 9.59 Å². The van der Waals surface area contributed by atoms with E-state index in [0.29, 0.717) is 19.6 Å². The van der Waals surface area contributed by atoms with Crippen molar-refractivity contribution in [2.24, 2.45) is 5.92 Å². The van der Waals surface area contributed by atoms with Crippen molar-refractivity contribution < 1.29 is 9.59 Å². The fourth-order valence-corrected chi connectivity index (χ4v) is 3.42. The van der Waals surface area contributed by atoms with Crippen LogP contribution in [0.5, 0.6) is 0 Å². The van der Waals surface area contributed by atoms with Crippen LogP contribution in [-0.4, -0.2) is 41.3 Å². The molecule has 1 fully saturated rings. The molecule has 0 unspecified atom stereocenters. The topological polar surface area (TPSA) is 62.3 Å². The maximum atomic E-state index is 12.1. The second-order valence-electron chi connectivity index (χ2n) is 5.42. The number of hydrogen-bond donors (Lipinski definition) is 1. The highest BCUT2D eigenvalue weighted by Gasteiger charge is 2.26. The van der Waals surface area contributed by atoms with Crippen LogP contribution < -0.4 is 5.32 Å². The zero-order chi connectivity index (χ0) is 15.9. The summed E-state index contributed by atoms with van der Waals surface area (Å²) in [5.41, 5.74) is 0. The molecular formula is C16H23N3O2S. The van der Waals surface area contributed by atoms with Gasteiger partial charge in [-0.05, 0) is 25.3 Å². The van der Waals surface area contributed by atoms with Gasteiger partial charge in [-0.15, -0.1) is 11.3 Å². The minimum absolute atomic E-state index is 0.0105. The Morgan fingerprint density at radius 1 is 1.50 bits per heavy atom. The van der Waals surface area contributed by atoms with Crippen LogP contribution in [0.4, 0.5) is 0 Å². The SMILES string of the molecule is C=CC(=O)N1CCC(C(=O)NCCc2ncc(CC)s2)CC1. The molecule has 1 saturated heterocycles. The van der Waals surface area contributed by atoms with Crippen molar-refractivity contribution in [3.63, 3.8) is 0 Å². The van der Waals surface area contributed by atoms with Gasteiger partial charge in [0.25, 0.3) is 0 Å². The minimum atomic E-state index is -0.0469. The Morgan fingerprint density at radius 3 is 2.82 bits per heavy atom. The third-order valence-corrected chi connectivity index (χ3v) is 5.14. The molecule has 0 saturated carbocycles. The highest BCUT2D eigenvalue weighted by Crippen LogP contribution is 2.18. The Kier molecular flexibility index (Phi) is 6.12. The average molecular weight is 321 g/mol. The highest BCUT2D eigenvalue weighted by atomic mass is 32.1. The summed E-state index contributed by atoms with van der Waals surface area (Å²) in [4.78, 5) is 31.0. The van der Waals surface area contributed by atoms with Gasteiger partial charge in [-0.25, -0.2) is 4.98 Å². The van der Waals surface area contributed by atoms with E-state index < -0.39 is 0 Å². The van der Waals surface area contributed by atoms with Crippen molar-refractivity contribution in [2.75, 3.05) is 19.6 Å². The Hall–Kier alpha value is -1.69. The molecule has 2 amide bonds. The predicted octanol–water partition coefficient (Wildman–Crippen LogP) is 1.79. The molecule has 1 aliphatic rings. The number of thiazole rings is 1. The van der Waals surface area contributed by atoms with Crippen LogP contribution in [0.15, 0.2) is 18.9 Å². The number of aryl methyl sites for hydroxylation is 1. The van der Waals surface area contributed by atoms with E-state index in [1.165, 1.54) is 11.0 Å². The predicted molar refractivity (Wildman–Crippen MR) is 87.7 cm³/mol. The van der Waals surface area contributed by atoms with E-state index in [-0.39, 0.29) is 17.7 Å². The van der Waals surface area contributed by atoms with E-state index >= 15 is 0 Å². The Labute approximate surface area is 135 Å². The van der Waals surface area contributed by atoms with E-state index in [2.05, 4.69) is 23.8 Å². The molecule has 0 aromatic carbocycles. The summed E-state index contributed by atoms with van der Waals surface area (Å²) in [6.07, 6.45) is 6.48. The number of piperidine rings is 1. The number of carbonyl (C=O) groups excluding carboxylic acids is 2. The van der Waals surface area contributed by atoms with Gasteiger partial charge in [0.1, 0.15) is 0 Å². The summed E-state index contributed by atoms with van der Waals surface area (Å²) in [6, 6.07) is 0. The first-order valence-corrected chi connectivity index (χ1v) is 8.58. The molecule has 22 heavy (non-hydrogen) atoms. The number of nitrogens with zero attached hydrogens (tertiary/aromatic N) is 2. The van der Waals surface area contributed by atoms with Crippen molar-refractivity contribution in [3.8, 4) is 0 Å². The standard InChI is InChI=1S/C16H23N3O2S/c1-3-13-11-18-14(22-13)5-8-17-16(21)12-6-9-19(10-7-12)15(20)4-2/h4,11-12H,2-3,5-10H2,1H3,(H,17,21). The normalized spacial score (nSPS) is 15.6. The van der Waals surface area contributed by atoms with E-state index in [0.717, 1.165) is 30.7 Å². The highest BCUT2D eigenvalue weighted by molar-refractivity contribution is 7.11. The molecular weight excluding hydrogens is 298 g/mol. The van der Waals surface area contributed by atoms with Crippen LogP contribution in [0.1, 0.15) is 29.7 Å². The lowest BCUT2D eigenvalue weighted by Gasteiger charge is -2.30. The average Bonchev–Trinajstić information content (AvgIpc) is 3.02. The van der Waals surface area contributed by atoms with Crippen LogP contribution in [0.2, 0.25) is 0 Å². The molecule has 0 radical (unpaired) electrons. The fraction of sp³-hybridized carbons (Fsp3) is 0.562. The zero-order valence-corrected chi connectivity index (χ0v) is 13.8. The number of nitrogens with one attached hydrogen (secondary N) is 1. The van der Waals surface area contributed by atoms with Crippen molar-refractivity contribution in [1.82, 2.24) is 15.2 Å². The second-order valence-corrected chi connectivity index (χ2v) is 6.62. The lowest BCUT2D eigenvalue weighted by Crippen LogP contribution is -2.42.